The number of rotatable bonds is 4. The Balaban J connectivity index is 1.64. The van der Waals surface area contributed by atoms with Crippen molar-refractivity contribution in [3.05, 3.63) is 17.5 Å². The van der Waals surface area contributed by atoms with Crippen LogP contribution in [-0.2, 0) is 0 Å². The normalized spacial score (nSPS) is 23.6. The largest absolute Gasteiger partial charge is 0.360 e. The Hall–Kier alpha value is -1.36. The van der Waals surface area contributed by atoms with Crippen molar-refractivity contribution < 1.29 is 9.32 Å². The van der Waals surface area contributed by atoms with E-state index in [1.165, 1.54) is 6.42 Å². The van der Waals surface area contributed by atoms with Crippen molar-refractivity contribution in [3.8, 4) is 0 Å². The first-order valence-corrected chi connectivity index (χ1v) is 7.18. The van der Waals surface area contributed by atoms with Gasteiger partial charge in [-0.3, -0.25) is 4.79 Å². The lowest BCUT2D eigenvalue weighted by atomic mass is 9.98. The molecule has 2 fully saturated rings. The fourth-order valence-electron chi connectivity index (χ4n) is 2.82. The van der Waals surface area contributed by atoms with E-state index in [1.807, 2.05) is 18.0 Å². The molecule has 19 heavy (non-hydrogen) atoms. The zero-order valence-electron chi connectivity index (χ0n) is 11.4. The molecule has 0 radical (unpaired) electrons. The van der Waals surface area contributed by atoms with Gasteiger partial charge in [0.25, 0.3) is 5.91 Å². The van der Waals surface area contributed by atoms with Crippen LogP contribution < -0.4 is 5.32 Å². The second-order valence-electron chi connectivity index (χ2n) is 5.71. The Morgan fingerprint density at radius 2 is 2.37 bits per heavy atom. The Labute approximate surface area is 113 Å². The number of hydrogen-bond acceptors (Lipinski definition) is 4. The topological polar surface area (TPSA) is 58.4 Å². The zero-order chi connectivity index (χ0) is 13.2. The first-order valence-electron chi connectivity index (χ1n) is 7.18. The maximum absolute atomic E-state index is 12.4. The molecular formula is C14H21N3O2. The summed E-state index contributed by atoms with van der Waals surface area (Å²) in [5.74, 6) is 1.97. The summed E-state index contributed by atoms with van der Waals surface area (Å²) in [6.45, 7) is 2.63. The number of piperidine rings is 1. The second kappa shape index (κ2) is 5.33. The standard InChI is InChI=1S/C14H21N3O2/c1-15-8-10-3-2-6-17(9-10)14(18)12-7-13(19-16-12)11-4-5-11/h7,10-11,15H,2-6,8-9H2,1H3. The molecule has 1 aliphatic carbocycles. The van der Waals surface area contributed by atoms with Crippen molar-refractivity contribution in [2.45, 2.75) is 31.6 Å². The van der Waals surface area contributed by atoms with Gasteiger partial charge in [-0.05, 0) is 45.2 Å². The number of aromatic nitrogens is 1. The van der Waals surface area contributed by atoms with Gasteiger partial charge in [0.1, 0.15) is 5.76 Å². The quantitative estimate of drug-likeness (QED) is 0.897. The molecule has 2 heterocycles. The molecule has 1 amide bonds. The second-order valence-corrected chi connectivity index (χ2v) is 5.71. The van der Waals surface area contributed by atoms with E-state index in [1.54, 1.807) is 0 Å². The molecule has 1 N–H and O–H groups in total. The maximum atomic E-state index is 12.4. The number of amides is 1. The van der Waals surface area contributed by atoms with Gasteiger partial charge in [0, 0.05) is 25.1 Å². The number of nitrogens with zero attached hydrogens (tertiary/aromatic N) is 2. The number of carbonyl (C=O) groups excluding carboxylic acids is 1. The highest BCUT2D eigenvalue weighted by molar-refractivity contribution is 5.92. The predicted octanol–water partition coefficient (Wildman–Crippen LogP) is 1.62. The highest BCUT2D eigenvalue weighted by atomic mass is 16.5. The lowest BCUT2D eigenvalue weighted by molar-refractivity contribution is 0.0663. The average molecular weight is 263 g/mol. The van der Waals surface area contributed by atoms with Gasteiger partial charge in [-0.2, -0.15) is 0 Å². The molecule has 3 rings (SSSR count). The fourth-order valence-corrected chi connectivity index (χ4v) is 2.82. The molecule has 1 aromatic heterocycles. The van der Waals surface area contributed by atoms with Crippen molar-refractivity contribution in [1.82, 2.24) is 15.4 Å². The number of carbonyl (C=O) groups is 1. The molecule has 0 aromatic carbocycles. The minimum atomic E-state index is 0.0245. The molecule has 5 heteroatoms. The summed E-state index contributed by atoms with van der Waals surface area (Å²) in [5, 5.41) is 7.13. The Morgan fingerprint density at radius 1 is 1.53 bits per heavy atom. The fraction of sp³-hybridized carbons (Fsp3) is 0.714. The number of likely N-dealkylation sites (tertiary alicyclic amines) is 1. The first kappa shape index (κ1) is 12.7. The summed E-state index contributed by atoms with van der Waals surface area (Å²) in [4.78, 5) is 14.3. The van der Waals surface area contributed by atoms with Crippen LogP contribution in [0.15, 0.2) is 10.6 Å². The van der Waals surface area contributed by atoms with Crippen LogP contribution in [0.3, 0.4) is 0 Å². The van der Waals surface area contributed by atoms with Gasteiger partial charge in [0.15, 0.2) is 5.69 Å². The van der Waals surface area contributed by atoms with E-state index >= 15 is 0 Å². The van der Waals surface area contributed by atoms with Crippen LogP contribution in [0.1, 0.15) is 47.8 Å². The summed E-state index contributed by atoms with van der Waals surface area (Å²) in [7, 11) is 1.96. The lowest BCUT2D eigenvalue weighted by Gasteiger charge is -2.32. The molecule has 104 valence electrons. The molecule has 0 spiro atoms. The molecule has 1 saturated carbocycles. The molecule has 1 unspecified atom stereocenters. The van der Waals surface area contributed by atoms with Crippen molar-refractivity contribution in [1.29, 1.82) is 0 Å². The van der Waals surface area contributed by atoms with Gasteiger partial charge in [0.2, 0.25) is 0 Å². The third-order valence-corrected chi connectivity index (χ3v) is 4.03. The SMILES string of the molecule is CNCC1CCCN(C(=O)c2cc(C3CC3)on2)C1. The van der Waals surface area contributed by atoms with E-state index in [9.17, 15) is 4.79 Å². The molecular weight excluding hydrogens is 242 g/mol. The minimum Gasteiger partial charge on any atom is -0.360 e. The van der Waals surface area contributed by atoms with E-state index in [-0.39, 0.29) is 5.91 Å². The molecule has 1 atom stereocenters. The average Bonchev–Trinajstić information content (AvgIpc) is 3.17. The maximum Gasteiger partial charge on any atom is 0.276 e. The van der Waals surface area contributed by atoms with Crippen LogP contribution >= 0.6 is 0 Å². The van der Waals surface area contributed by atoms with Crippen LogP contribution in [0, 0.1) is 5.92 Å². The monoisotopic (exact) mass is 263 g/mol. The third kappa shape index (κ3) is 2.81. The zero-order valence-corrected chi connectivity index (χ0v) is 11.4. The molecule has 1 saturated heterocycles. The van der Waals surface area contributed by atoms with Gasteiger partial charge in [-0.25, -0.2) is 0 Å². The highest BCUT2D eigenvalue weighted by Gasteiger charge is 2.31. The van der Waals surface area contributed by atoms with Gasteiger partial charge >= 0.3 is 0 Å². The summed E-state index contributed by atoms with van der Waals surface area (Å²) in [6, 6.07) is 1.84. The van der Waals surface area contributed by atoms with Crippen molar-refractivity contribution in [2.24, 2.45) is 5.92 Å². The first-order chi connectivity index (χ1) is 9.28. The number of nitrogens with one attached hydrogen (secondary N) is 1. The van der Waals surface area contributed by atoms with Crippen molar-refractivity contribution in [3.63, 3.8) is 0 Å². The summed E-state index contributed by atoms with van der Waals surface area (Å²) in [5.41, 5.74) is 0.479. The molecule has 1 aromatic rings. The molecule has 1 aliphatic heterocycles. The smallest absolute Gasteiger partial charge is 0.276 e. The molecule has 0 bridgehead atoms. The van der Waals surface area contributed by atoms with E-state index in [4.69, 9.17) is 4.52 Å². The van der Waals surface area contributed by atoms with Crippen LogP contribution in [0.2, 0.25) is 0 Å². The number of hydrogen-bond donors (Lipinski definition) is 1. The van der Waals surface area contributed by atoms with E-state index in [0.717, 1.165) is 44.7 Å². The highest BCUT2D eigenvalue weighted by Crippen LogP contribution is 2.40. The van der Waals surface area contributed by atoms with Crippen molar-refractivity contribution in [2.75, 3.05) is 26.7 Å². The van der Waals surface area contributed by atoms with Crippen LogP contribution in [-0.4, -0.2) is 42.6 Å². The predicted molar refractivity (Wildman–Crippen MR) is 71.0 cm³/mol. The van der Waals surface area contributed by atoms with Crippen molar-refractivity contribution >= 4 is 5.91 Å². The Morgan fingerprint density at radius 3 is 3.11 bits per heavy atom. The third-order valence-electron chi connectivity index (χ3n) is 4.03. The van der Waals surface area contributed by atoms with Crippen LogP contribution in [0.5, 0.6) is 0 Å². The van der Waals surface area contributed by atoms with E-state index in [2.05, 4.69) is 10.5 Å². The van der Waals surface area contributed by atoms with Gasteiger partial charge in [0.05, 0.1) is 0 Å². The van der Waals surface area contributed by atoms with Crippen LogP contribution in [0.25, 0.3) is 0 Å². The Bertz CT molecular complexity index is 451. The van der Waals surface area contributed by atoms with Gasteiger partial charge < -0.3 is 14.7 Å². The minimum absolute atomic E-state index is 0.0245. The van der Waals surface area contributed by atoms with Gasteiger partial charge in [-0.1, -0.05) is 5.16 Å². The van der Waals surface area contributed by atoms with Gasteiger partial charge in [-0.15, -0.1) is 0 Å². The Kier molecular flexibility index (Phi) is 3.55. The summed E-state index contributed by atoms with van der Waals surface area (Å²) < 4.78 is 5.27. The van der Waals surface area contributed by atoms with E-state index in [0.29, 0.717) is 17.5 Å². The molecule has 5 nitrogen and oxygen atoms in total. The summed E-state index contributed by atoms with van der Waals surface area (Å²) in [6.07, 6.45) is 4.59. The molecule has 2 aliphatic rings. The summed E-state index contributed by atoms with van der Waals surface area (Å²) >= 11 is 0. The lowest BCUT2D eigenvalue weighted by Crippen LogP contribution is -2.42. The van der Waals surface area contributed by atoms with Crippen LogP contribution in [0.4, 0.5) is 0 Å². The van der Waals surface area contributed by atoms with E-state index < -0.39 is 0 Å².